The Hall–Kier alpha value is -1.04. The number of carboxylic acids is 1. The smallest absolute Gasteiger partial charge is 0.336 e. The number of carbonyl (C=O) groups is 1. The molecule has 0 saturated carbocycles. The second-order valence-corrected chi connectivity index (χ2v) is 5.78. The number of carboxylic acid groups (broad SMARTS) is 1. The van der Waals surface area contributed by atoms with Crippen LogP contribution in [0.5, 0.6) is 0 Å². The van der Waals surface area contributed by atoms with Crippen molar-refractivity contribution < 1.29 is 9.90 Å². The summed E-state index contributed by atoms with van der Waals surface area (Å²) in [4.78, 5) is 15.9. The summed E-state index contributed by atoms with van der Waals surface area (Å²) in [6, 6.07) is 8.58. The van der Waals surface area contributed by atoms with Gasteiger partial charge in [-0.3, -0.25) is 0 Å². The van der Waals surface area contributed by atoms with Crippen LogP contribution in [0.2, 0.25) is 5.02 Å². The van der Waals surface area contributed by atoms with Crippen molar-refractivity contribution in [2.24, 2.45) is 0 Å². The predicted octanol–water partition coefficient (Wildman–Crippen LogP) is 4.35. The first-order valence-electron chi connectivity index (χ1n) is 4.88. The number of rotatable bonds is 3. The Morgan fingerprint density at radius 2 is 2.11 bits per heavy atom. The highest BCUT2D eigenvalue weighted by Crippen LogP contribution is 2.31. The number of hydrogen-bond donors (Lipinski definition) is 1. The Bertz CT molecular complexity index is 589. The highest BCUT2D eigenvalue weighted by Gasteiger charge is 2.12. The monoisotopic (exact) mass is 343 g/mol. The SMILES string of the molecule is O=C(O)c1cc(Br)ccc1Sc1ccc(Cl)cn1. The third kappa shape index (κ3) is 3.25. The normalized spacial score (nSPS) is 10.3. The van der Waals surface area contributed by atoms with Gasteiger partial charge in [-0.1, -0.05) is 39.3 Å². The molecule has 1 aromatic heterocycles. The molecule has 0 atom stereocenters. The highest BCUT2D eigenvalue weighted by molar-refractivity contribution is 9.10. The maximum Gasteiger partial charge on any atom is 0.336 e. The zero-order chi connectivity index (χ0) is 13.1. The van der Waals surface area contributed by atoms with Gasteiger partial charge in [-0.25, -0.2) is 9.78 Å². The van der Waals surface area contributed by atoms with Gasteiger partial charge in [0.2, 0.25) is 0 Å². The summed E-state index contributed by atoms with van der Waals surface area (Å²) in [7, 11) is 0. The van der Waals surface area contributed by atoms with Crippen LogP contribution in [0.1, 0.15) is 10.4 Å². The molecule has 1 aromatic carbocycles. The zero-order valence-electron chi connectivity index (χ0n) is 8.93. The van der Waals surface area contributed by atoms with Crippen molar-refractivity contribution in [2.45, 2.75) is 9.92 Å². The third-order valence-corrected chi connectivity index (χ3v) is 3.83. The maximum absolute atomic E-state index is 11.1. The van der Waals surface area contributed by atoms with E-state index in [1.807, 2.05) is 0 Å². The number of aromatic nitrogens is 1. The molecule has 3 nitrogen and oxygen atoms in total. The van der Waals surface area contributed by atoms with Gasteiger partial charge in [-0.2, -0.15) is 0 Å². The van der Waals surface area contributed by atoms with Crippen molar-refractivity contribution in [3.8, 4) is 0 Å². The number of nitrogens with zero attached hydrogens (tertiary/aromatic N) is 1. The number of benzene rings is 1. The van der Waals surface area contributed by atoms with E-state index >= 15 is 0 Å². The minimum absolute atomic E-state index is 0.242. The standard InChI is InChI=1S/C12H7BrClNO2S/c13-7-1-3-10(9(5-7)12(16)17)18-11-4-2-8(14)6-15-11/h1-6H,(H,16,17). The summed E-state index contributed by atoms with van der Waals surface area (Å²) >= 11 is 10.3. The first-order chi connectivity index (χ1) is 8.56. The number of hydrogen-bond acceptors (Lipinski definition) is 3. The van der Waals surface area contributed by atoms with E-state index in [-0.39, 0.29) is 5.56 Å². The molecule has 1 N–H and O–H groups in total. The second-order valence-electron chi connectivity index (χ2n) is 3.36. The molecular formula is C12H7BrClNO2S. The lowest BCUT2D eigenvalue weighted by Crippen LogP contribution is -1.98. The molecule has 1 heterocycles. The van der Waals surface area contributed by atoms with Crippen LogP contribution in [0.4, 0.5) is 0 Å². The van der Waals surface area contributed by atoms with Crippen LogP contribution in [0.25, 0.3) is 0 Å². The molecule has 0 aliphatic heterocycles. The van der Waals surface area contributed by atoms with Crippen molar-refractivity contribution in [1.82, 2.24) is 4.98 Å². The molecule has 0 amide bonds. The summed E-state index contributed by atoms with van der Waals surface area (Å²) in [5, 5.41) is 10.4. The molecule has 0 aliphatic rings. The molecule has 0 bridgehead atoms. The molecule has 6 heteroatoms. The van der Waals surface area contributed by atoms with Crippen molar-refractivity contribution in [1.29, 1.82) is 0 Å². The fourth-order valence-electron chi connectivity index (χ4n) is 1.29. The van der Waals surface area contributed by atoms with E-state index in [9.17, 15) is 4.79 Å². The van der Waals surface area contributed by atoms with E-state index in [0.717, 1.165) is 4.47 Å². The molecule has 0 aliphatic carbocycles. The quantitative estimate of drug-likeness (QED) is 0.899. The molecule has 2 rings (SSSR count). The van der Waals surface area contributed by atoms with Gasteiger partial charge in [0.1, 0.15) is 5.03 Å². The van der Waals surface area contributed by atoms with Crippen LogP contribution in [0, 0.1) is 0 Å². The van der Waals surface area contributed by atoms with Crippen LogP contribution >= 0.6 is 39.3 Å². The Morgan fingerprint density at radius 3 is 2.72 bits per heavy atom. The van der Waals surface area contributed by atoms with E-state index in [1.165, 1.54) is 18.0 Å². The van der Waals surface area contributed by atoms with Crippen molar-refractivity contribution in [3.63, 3.8) is 0 Å². The molecule has 0 radical (unpaired) electrons. The van der Waals surface area contributed by atoms with Crippen LogP contribution in [0.15, 0.2) is 50.9 Å². The molecule has 2 aromatic rings. The van der Waals surface area contributed by atoms with Gasteiger partial charge in [0.15, 0.2) is 0 Å². The molecule has 0 unspecified atom stereocenters. The predicted molar refractivity (Wildman–Crippen MR) is 74.5 cm³/mol. The second kappa shape index (κ2) is 5.73. The van der Waals surface area contributed by atoms with Gasteiger partial charge in [-0.05, 0) is 30.3 Å². The molecule has 0 fully saturated rings. The van der Waals surface area contributed by atoms with Gasteiger partial charge in [0.05, 0.1) is 10.6 Å². The zero-order valence-corrected chi connectivity index (χ0v) is 12.1. The van der Waals surface area contributed by atoms with Crippen LogP contribution in [0.3, 0.4) is 0 Å². The highest BCUT2D eigenvalue weighted by atomic mass is 79.9. The lowest BCUT2D eigenvalue weighted by molar-refractivity contribution is 0.0693. The van der Waals surface area contributed by atoms with Gasteiger partial charge < -0.3 is 5.11 Å². The van der Waals surface area contributed by atoms with Gasteiger partial charge in [-0.15, -0.1) is 0 Å². The molecule has 18 heavy (non-hydrogen) atoms. The number of halogens is 2. The Balaban J connectivity index is 2.34. The van der Waals surface area contributed by atoms with E-state index in [0.29, 0.717) is 14.9 Å². The Morgan fingerprint density at radius 1 is 1.33 bits per heavy atom. The average Bonchev–Trinajstić information content (AvgIpc) is 2.34. The lowest BCUT2D eigenvalue weighted by atomic mass is 10.2. The fraction of sp³-hybridized carbons (Fsp3) is 0. The van der Waals surface area contributed by atoms with Crippen LogP contribution in [-0.2, 0) is 0 Å². The molecule has 92 valence electrons. The van der Waals surface area contributed by atoms with Gasteiger partial charge in [0.25, 0.3) is 0 Å². The third-order valence-electron chi connectivity index (χ3n) is 2.09. The molecule has 0 saturated heterocycles. The first kappa shape index (κ1) is 13.4. The van der Waals surface area contributed by atoms with Gasteiger partial charge >= 0.3 is 5.97 Å². The minimum Gasteiger partial charge on any atom is -0.478 e. The largest absolute Gasteiger partial charge is 0.478 e. The summed E-state index contributed by atoms with van der Waals surface area (Å²) in [5.74, 6) is -0.965. The summed E-state index contributed by atoms with van der Waals surface area (Å²) in [6.07, 6.45) is 1.53. The van der Waals surface area contributed by atoms with E-state index in [1.54, 1.807) is 30.3 Å². The maximum atomic E-state index is 11.1. The van der Waals surface area contributed by atoms with E-state index in [2.05, 4.69) is 20.9 Å². The summed E-state index contributed by atoms with van der Waals surface area (Å²) in [6.45, 7) is 0. The van der Waals surface area contributed by atoms with Crippen LogP contribution < -0.4 is 0 Å². The summed E-state index contributed by atoms with van der Waals surface area (Å²) < 4.78 is 0.730. The topological polar surface area (TPSA) is 50.2 Å². The van der Waals surface area contributed by atoms with Crippen molar-refractivity contribution in [3.05, 3.63) is 51.6 Å². The first-order valence-corrected chi connectivity index (χ1v) is 6.87. The Labute approximate surface area is 121 Å². The molecule has 0 spiro atoms. The summed E-state index contributed by atoms with van der Waals surface area (Å²) in [5.41, 5.74) is 0.242. The molecular weight excluding hydrogens is 338 g/mol. The minimum atomic E-state index is -0.965. The fourth-order valence-corrected chi connectivity index (χ4v) is 2.63. The van der Waals surface area contributed by atoms with E-state index < -0.39 is 5.97 Å². The van der Waals surface area contributed by atoms with Gasteiger partial charge in [0, 0.05) is 15.6 Å². The number of aromatic carboxylic acids is 1. The van der Waals surface area contributed by atoms with Crippen molar-refractivity contribution >= 4 is 45.3 Å². The van der Waals surface area contributed by atoms with E-state index in [4.69, 9.17) is 16.7 Å². The average molecular weight is 345 g/mol. The van der Waals surface area contributed by atoms with Crippen LogP contribution in [-0.4, -0.2) is 16.1 Å². The van der Waals surface area contributed by atoms with Crippen molar-refractivity contribution in [2.75, 3.05) is 0 Å². The Kier molecular flexibility index (Phi) is 4.27. The lowest BCUT2D eigenvalue weighted by Gasteiger charge is -2.05. The number of pyridine rings is 1.